The van der Waals surface area contributed by atoms with Crippen molar-refractivity contribution in [2.45, 2.75) is 19.9 Å². The number of hydrazone groups is 1. The molecule has 0 spiro atoms. The van der Waals surface area contributed by atoms with E-state index < -0.39 is 15.8 Å². The fourth-order valence-electron chi connectivity index (χ4n) is 3.95. The summed E-state index contributed by atoms with van der Waals surface area (Å²) in [4.78, 5) is 33.5. The molecular weight excluding hydrogens is 450 g/mol. The first-order valence-electron chi connectivity index (χ1n) is 10.7. The van der Waals surface area contributed by atoms with Crippen molar-refractivity contribution in [2.75, 3.05) is 0 Å². The van der Waals surface area contributed by atoms with E-state index in [-0.39, 0.29) is 17.8 Å². The van der Waals surface area contributed by atoms with Gasteiger partial charge in [0.05, 0.1) is 22.5 Å². The zero-order chi connectivity index (χ0) is 24.9. The third-order valence-electron chi connectivity index (χ3n) is 5.69. The SMILES string of the molecule is Cc1c(C=NNC(=O)Cc2ccccc2[N+](=O)[O-])c2ccccc2n1Cc1ccc([N+](=O)[O-])cc1. The predicted molar refractivity (Wildman–Crippen MR) is 131 cm³/mol. The van der Waals surface area contributed by atoms with Crippen LogP contribution >= 0.6 is 0 Å². The number of rotatable bonds is 8. The Morgan fingerprint density at radius 1 is 0.971 bits per heavy atom. The topological polar surface area (TPSA) is 133 Å². The number of para-hydroxylation sites is 2. The van der Waals surface area contributed by atoms with Crippen molar-refractivity contribution in [3.8, 4) is 0 Å². The van der Waals surface area contributed by atoms with Gasteiger partial charge >= 0.3 is 0 Å². The molecule has 10 heteroatoms. The summed E-state index contributed by atoms with van der Waals surface area (Å²) < 4.78 is 2.08. The average Bonchev–Trinajstić information content (AvgIpc) is 3.10. The van der Waals surface area contributed by atoms with Gasteiger partial charge in [-0.15, -0.1) is 0 Å². The van der Waals surface area contributed by atoms with Gasteiger partial charge in [-0.05, 0) is 18.6 Å². The minimum Gasteiger partial charge on any atom is -0.340 e. The highest BCUT2D eigenvalue weighted by Gasteiger charge is 2.16. The Morgan fingerprint density at radius 2 is 1.66 bits per heavy atom. The molecule has 176 valence electrons. The van der Waals surface area contributed by atoms with Gasteiger partial charge in [0.1, 0.15) is 0 Å². The Labute approximate surface area is 199 Å². The maximum absolute atomic E-state index is 12.3. The molecule has 0 aliphatic heterocycles. The maximum atomic E-state index is 12.3. The second-order valence-electron chi connectivity index (χ2n) is 7.88. The van der Waals surface area contributed by atoms with Crippen LogP contribution < -0.4 is 5.43 Å². The Kier molecular flexibility index (Phi) is 6.63. The number of nitro groups is 2. The number of hydrogen-bond donors (Lipinski definition) is 1. The molecule has 0 saturated heterocycles. The fraction of sp³-hybridized carbons (Fsp3) is 0.120. The van der Waals surface area contributed by atoms with Gasteiger partial charge in [0, 0.05) is 52.5 Å². The minimum atomic E-state index is -0.519. The van der Waals surface area contributed by atoms with Crippen LogP contribution in [0.1, 0.15) is 22.4 Å². The second-order valence-corrected chi connectivity index (χ2v) is 7.88. The Balaban J connectivity index is 1.55. The molecular formula is C25H21N5O5. The summed E-state index contributed by atoms with van der Waals surface area (Å²) in [6.45, 7) is 2.43. The molecule has 3 aromatic carbocycles. The minimum absolute atomic E-state index is 0.0345. The first-order valence-corrected chi connectivity index (χ1v) is 10.7. The number of non-ortho nitro benzene ring substituents is 1. The highest BCUT2D eigenvalue weighted by atomic mass is 16.6. The van der Waals surface area contributed by atoms with E-state index in [2.05, 4.69) is 15.1 Å². The molecule has 0 aliphatic carbocycles. The van der Waals surface area contributed by atoms with Crippen molar-refractivity contribution in [1.82, 2.24) is 9.99 Å². The number of carbonyl (C=O) groups excluding carboxylic acids is 1. The largest absolute Gasteiger partial charge is 0.340 e. The van der Waals surface area contributed by atoms with Gasteiger partial charge in [-0.2, -0.15) is 5.10 Å². The number of amides is 1. The fourth-order valence-corrected chi connectivity index (χ4v) is 3.95. The van der Waals surface area contributed by atoms with E-state index in [1.54, 1.807) is 30.5 Å². The standard InChI is InChI=1S/C25H21N5O5/c1-17-22(15-26-27-25(31)14-19-6-2-4-8-23(19)30(34)35)21-7-3-5-9-24(21)28(17)16-18-10-12-20(13-11-18)29(32)33/h2-13,15H,14,16H2,1H3,(H,27,31). The second kappa shape index (κ2) is 9.96. The lowest BCUT2D eigenvalue weighted by Crippen LogP contribution is -2.20. The Morgan fingerprint density at radius 3 is 2.37 bits per heavy atom. The summed E-state index contributed by atoms with van der Waals surface area (Å²) in [5, 5.41) is 27.1. The molecule has 4 aromatic rings. The van der Waals surface area contributed by atoms with Crippen LogP contribution in [0.2, 0.25) is 0 Å². The number of nitrogens with zero attached hydrogens (tertiary/aromatic N) is 4. The van der Waals surface area contributed by atoms with Crippen molar-refractivity contribution in [3.05, 3.63) is 115 Å². The van der Waals surface area contributed by atoms with E-state index in [0.717, 1.165) is 27.7 Å². The van der Waals surface area contributed by atoms with Crippen molar-refractivity contribution in [3.63, 3.8) is 0 Å². The van der Waals surface area contributed by atoms with E-state index in [4.69, 9.17) is 0 Å². The van der Waals surface area contributed by atoms with Gasteiger partial charge in [0.25, 0.3) is 11.4 Å². The van der Waals surface area contributed by atoms with Gasteiger partial charge in [-0.3, -0.25) is 25.0 Å². The molecule has 10 nitrogen and oxygen atoms in total. The number of nitrogens with one attached hydrogen (secondary N) is 1. The number of aromatic nitrogens is 1. The highest BCUT2D eigenvalue weighted by Crippen LogP contribution is 2.26. The third kappa shape index (κ3) is 5.06. The molecule has 0 saturated carbocycles. The summed E-state index contributed by atoms with van der Waals surface area (Å²) in [6.07, 6.45) is 1.39. The molecule has 0 atom stereocenters. The van der Waals surface area contributed by atoms with Crippen molar-refractivity contribution in [1.29, 1.82) is 0 Å². The molecule has 1 N–H and O–H groups in total. The number of nitro benzene ring substituents is 2. The van der Waals surface area contributed by atoms with E-state index in [1.807, 2.05) is 31.2 Å². The van der Waals surface area contributed by atoms with Gasteiger partial charge < -0.3 is 4.57 Å². The van der Waals surface area contributed by atoms with Crippen LogP contribution in [0, 0.1) is 27.2 Å². The molecule has 35 heavy (non-hydrogen) atoms. The molecule has 1 amide bonds. The molecule has 1 heterocycles. The summed E-state index contributed by atoms with van der Waals surface area (Å²) in [5.41, 5.74) is 6.25. The van der Waals surface area contributed by atoms with E-state index in [1.165, 1.54) is 24.3 Å². The Hall–Kier alpha value is -4.86. The number of benzene rings is 3. The first-order chi connectivity index (χ1) is 16.8. The smallest absolute Gasteiger partial charge is 0.273 e. The first kappa shape index (κ1) is 23.3. The van der Waals surface area contributed by atoms with E-state index in [0.29, 0.717) is 12.1 Å². The number of fused-ring (bicyclic) bond motifs is 1. The van der Waals surface area contributed by atoms with Gasteiger partial charge in [0.15, 0.2) is 0 Å². The van der Waals surface area contributed by atoms with Crippen molar-refractivity contribution in [2.24, 2.45) is 5.10 Å². The van der Waals surface area contributed by atoms with E-state index in [9.17, 15) is 25.0 Å². The zero-order valence-electron chi connectivity index (χ0n) is 18.7. The Bertz CT molecular complexity index is 1460. The molecule has 0 radical (unpaired) electrons. The van der Waals surface area contributed by atoms with E-state index >= 15 is 0 Å². The zero-order valence-corrected chi connectivity index (χ0v) is 18.7. The van der Waals surface area contributed by atoms with Crippen LogP contribution in [0.15, 0.2) is 77.9 Å². The molecule has 0 bridgehead atoms. The summed E-state index contributed by atoms with van der Waals surface area (Å²) in [7, 11) is 0. The average molecular weight is 471 g/mol. The van der Waals surface area contributed by atoms with Crippen LogP contribution in [0.25, 0.3) is 10.9 Å². The summed E-state index contributed by atoms with van der Waals surface area (Å²) in [6, 6.07) is 20.2. The number of hydrogen-bond acceptors (Lipinski definition) is 6. The maximum Gasteiger partial charge on any atom is 0.273 e. The van der Waals surface area contributed by atoms with Crippen molar-refractivity contribution < 1.29 is 14.6 Å². The lowest BCUT2D eigenvalue weighted by Gasteiger charge is -2.08. The van der Waals surface area contributed by atoms with Gasteiger partial charge in [-0.1, -0.05) is 48.5 Å². The summed E-state index contributed by atoms with van der Waals surface area (Å²) >= 11 is 0. The summed E-state index contributed by atoms with van der Waals surface area (Å²) in [5.74, 6) is -0.470. The van der Waals surface area contributed by atoms with Crippen molar-refractivity contribution >= 4 is 34.4 Å². The number of carbonyl (C=O) groups is 1. The molecule has 0 fully saturated rings. The van der Waals surface area contributed by atoms with Crippen LogP contribution in [-0.2, 0) is 17.8 Å². The van der Waals surface area contributed by atoms with Crippen LogP contribution in [0.3, 0.4) is 0 Å². The predicted octanol–water partition coefficient (Wildman–Crippen LogP) is 4.51. The molecule has 0 aliphatic rings. The highest BCUT2D eigenvalue weighted by molar-refractivity contribution is 6.01. The third-order valence-corrected chi connectivity index (χ3v) is 5.69. The lowest BCUT2D eigenvalue weighted by atomic mass is 10.1. The van der Waals surface area contributed by atoms with Crippen LogP contribution in [-0.4, -0.2) is 26.5 Å². The monoisotopic (exact) mass is 471 g/mol. The lowest BCUT2D eigenvalue weighted by molar-refractivity contribution is -0.385. The quantitative estimate of drug-likeness (QED) is 0.229. The van der Waals surface area contributed by atoms with Gasteiger partial charge in [0.2, 0.25) is 5.91 Å². The molecule has 4 rings (SSSR count). The van der Waals surface area contributed by atoms with Crippen LogP contribution in [0.4, 0.5) is 11.4 Å². The van der Waals surface area contributed by atoms with Crippen LogP contribution in [0.5, 0.6) is 0 Å². The normalized spacial score (nSPS) is 11.1. The van der Waals surface area contributed by atoms with Gasteiger partial charge in [-0.25, -0.2) is 5.43 Å². The molecule has 1 aromatic heterocycles. The molecule has 0 unspecified atom stereocenters.